The van der Waals surface area contributed by atoms with Crippen LogP contribution < -0.4 is 10.6 Å². The summed E-state index contributed by atoms with van der Waals surface area (Å²) in [5.74, 6) is 2.12. The molecular weight excluding hydrogens is 440 g/mol. The van der Waals surface area contributed by atoms with Crippen LogP contribution >= 0.6 is 11.3 Å². The SMILES string of the molecule is Cc1ccc(CNc2cc(C)c(-c3nc4c(s3)CC=CC=C4)c(N[C@H]3CC[C@@H](CO)C3)n2)cc1. The summed E-state index contributed by atoms with van der Waals surface area (Å²) in [5.41, 5.74) is 5.79. The molecule has 2 aliphatic carbocycles. The number of hydrogen-bond donors (Lipinski definition) is 3. The first-order valence-corrected chi connectivity index (χ1v) is 12.9. The van der Waals surface area contributed by atoms with Crippen molar-refractivity contribution in [3.05, 3.63) is 75.8 Å². The normalized spacial score (nSPS) is 19.1. The van der Waals surface area contributed by atoms with Crippen LogP contribution in [0.2, 0.25) is 0 Å². The minimum absolute atomic E-state index is 0.259. The maximum absolute atomic E-state index is 9.61. The lowest BCUT2D eigenvalue weighted by Gasteiger charge is -2.19. The number of anilines is 2. The molecule has 5 rings (SSSR count). The third-order valence-corrected chi connectivity index (χ3v) is 7.81. The van der Waals surface area contributed by atoms with Gasteiger partial charge in [-0.15, -0.1) is 11.3 Å². The Bertz CT molecular complexity index is 1210. The van der Waals surface area contributed by atoms with Gasteiger partial charge in [0.05, 0.1) is 11.3 Å². The molecule has 0 bridgehead atoms. The third-order valence-electron chi connectivity index (χ3n) is 6.70. The number of benzene rings is 1. The van der Waals surface area contributed by atoms with Crippen LogP contribution in [0.25, 0.3) is 16.6 Å². The summed E-state index contributed by atoms with van der Waals surface area (Å²) >= 11 is 1.76. The van der Waals surface area contributed by atoms with Crippen molar-refractivity contribution >= 4 is 29.0 Å². The van der Waals surface area contributed by atoms with Gasteiger partial charge in [-0.3, -0.25) is 0 Å². The second-order valence-electron chi connectivity index (χ2n) is 9.41. The third kappa shape index (κ3) is 5.08. The molecule has 2 heterocycles. The quantitative estimate of drug-likeness (QED) is 0.386. The van der Waals surface area contributed by atoms with Crippen LogP contribution in [0.4, 0.5) is 11.6 Å². The Morgan fingerprint density at radius 1 is 1.09 bits per heavy atom. The Balaban J connectivity index is 1.46. The number of nitrogens with one attached hydrogen (secondary N) is 2. The van der Waals surface area contributed by atoms with Gasteiger partial charge in [0.1, 0.15) is 16.6 Å². The molecule has 3 aromatic rings. The van der Waals surface area contributed by atoms with Gasteiger partial charge in [-0.05, 0) is 62.3 Å². The monoisotopic (exact) mass is 472 g/mol. The van der Waals surface area contributed by atoms with Crippen molar-refractivity contribution in [3.8, 4) is 10.6 Å². The zero-order valence-corrected chi connectivity index (χ0v) is 20.7. The summed E-state index contributed by atoms with van der Waals surface area (Å²) < 4.78 is 0. The Morgan fingerprint density at radius 3 is 2.74 bits per heavy atom. The Morgan fingerprint density at radius 2 is 1.94 bits per heavy atom. The van der Waals surface area contributed by atoms with Gasteiger partial charge in [0, 0.05) is 30.5 Å². The standard InChI is InChI=1S/C28H32N4OS/c1-18-8-10-20(11-9-18)16-29-25-14-19(2)26(27(32-25)30-22-13-12-21(15-22)17-33)28-31-23-6-4-3-5-7-24(23)34-28/h3-6,8-11,14,21-22,33H,7,12-13,15-17H2,1-2H3,(H2,29,30,32)/t21-,22+/m1/s1. The van der Waals surface area contributed by atoms with Crippen molar-refractivity contribution in [1.82, 2.24) is 9.97 Å². The Labute approximate surface area is 205 Å². The largest absolute Gasteiger partial charge is 0.396 e. The summed E-state index contributed by atoms with van der Waals surface area (Å²) in [6, 6.07) is 11.0. The molecule has 1 aromatic carbocycles. The average molecular weight is 473 g/mol. The van der Waals surface area contributed by atoms with E-state index in [4.69, 9.17) is 9.97 Å². The first-order chi connectivity index (χ1) is 16.6. The molecule has 0 spiro atoms. The number of aliphatic hydroxyl groups is 1. The molecular formula is C28H32N4OS. The van der Waals surface area contributed by atoms with Crippen molar-refractivity contribution in [3.63, 3.8) is 0 Å². The molecule has 1 fully saturated rings. The zero-order valence-electron chi connectivity index (χ0n) is 19.8. The molecule has 5 nitrogen and oxygen atoms in total. The van der Waals surface area contributed by atoms with Crippen LogP contribution in [-0.4, -0.2) is 27.7 Å². The Hall–Kier alpha value is -2.96. The van der Waals surface area contributed by atoms with E-state index in [1.807, 2.05) is 0 Å². The van der Waals surface area contributed by atoms with Gasteiger partial charge in [-0.1, -0.05) is 48.1 Å². The van der Waals surface area contributed by atoms with E-state index < -0.39 is 0 Å². The van der Waals surface area contributed by atoms with E-state index in [2.05, 4.69) is 79.1 Å². The molecule has 3 N–H and O–H groups in total. The van der Waals surface area contributed by atoms with Gasteiger partial charge in [0.15, 0.2) is 0 Å². The molecule has 0 radical (unpaired) electrons. The number of nitrogens with zero attached hydrogens (tertiary/aromatic N) is 2. The fraction of sp³-hybridized carbons (Fsp3) is 0.357. The zero-order chi connectivity index (χ0) is 23.5. The highest BCUT2D eigenvalue weighted by Gasteiger charge is 2.26. The van der Waals surface area contributed by atoms with Gasteiger partial charge >= 0.3 is 0 Å². The molecule has 0 amide bonds. The number of fused-ring (bicyclic) bond motifs is 1. The number of aromatic nitrogens is 2. The fourth-order valence-electron chi connectivity index (χ4n) is 4.75. The lowest BCUT2D eigenvalue weighted by molar-refractivity contribution is 0.229. The summed E-state index contributed by atoms with van der Waals surface area (Å²) in [4.78, 5) is 11.3. The summed E-state index contributed by atoms with van der Waals surface area (Å²) in [5, 5.41) is 17.9. The number of pyridine rings is 1. The molecule has 34 heavy (non-hydrogen) atoms. The molecule has 2 aliphatic rings. The Kier molecular flexibility index (Phi) is 6.79. The number of allylic oxidation sites excluding steroid dienone is 3. The smallest absolute Gasteiger partial charge is 0.139 e. The highest BCUT2D eigenvalue weighted by atomic mass is 32.1. The molecule has 2 atom stereocenters. The fourth-order valence-corrected chi connectivity index (χ4v) is 5.88. The molecule has 0 unspecified atom stereocenters. The second kappa shape index (κ2) is 10.1. The van der Waals surface area contributed by atoms with Crippen LogP contribution in [0, 0.1) is 19.8 Å². The van der Waals surface area contributed by atoms with Gasteiger partial charge < -0.3 is 15.7 Å². The lowest BCUT2D eigenvalue weighted by atomic mass is 10.1. The van der Waals surface area contributed by atoms with Crippen molar-refractivity contribution in [2.24, 2.45) is 5.92 Å². The highest BCUT2D eigenvalue weighted by molar-refractivity contribution is 7.15. The number of rotatable bonds is 7. The average Bonchev–Trinajstić information content (AvgIpc) is 3.39. The summed E-state index contributed by atoms with van der Waals surface area (Å²) in [6.45, 7) is 5.24. The lowest BCUT2D eigenvalue weighted by Crippen LogP contribution is -2.18. The van der Waals surface area contributed by atoms with Crippen molar-refractivity contribution < 1.29 is 5.11 Å². The second-order valence-corrected chi connectivity index (χ2v) is 10.5. The predicted octanol–water partition coefficient (Wildman–Crippen LogP) is 6.13. The molecule has 6 heteroatoms. The molecule has 1 saturated carbocycles. The van der Waals surface area contributed by atoms with Crippen molar-refractivity contribution in [2.75, 3.05) is 17.2 Å². The van der Waals surface area contributed by atoms with Crippen molar-refractivity contribution in [2.45, 2.75) is 52.1 Å². The van der Waals surface area contributed by atoms with E-state index in [1.165, 1.54) is 16.0 Å². The van der Waals surface area contributed by atoms with Crippen LogP contribution in [0.15, 0.2) is 48.6 Å². The minimum Gasteiger partial charge on any atom is -0.396 e. The first kappa shape index (κ1) is 22.8. The summed E-state index contributed by atoms with van der Waals surface area (Å²) in [6.07, 6.45) is 12.4. The molecule has 0 saturated heterocycles. The predicted molar refractivity (Wildman–Crippen MR) is 142 cm³/mol. The van der Waals surface area contributed by atoms with Gasteiger partial charge in [-0.2, -0.15) is 0 Å². The van der Waals surface area contributed by atoms with Crippen LogP contribution in [0.1, 0.15) is 46.5 Å². The number of aliphatic hydroxyl groups excluding tert-OH is 1. The highest BCUT2D eigenvalue weighted by Crippen LogP contribution is 2.39. The number of aryl methyl sites for hydroxylation is 2. The van der Waals surface area contributed by atoms with Gasteiger partial charge in [-0.25, -0.2) is 9.97 Å². The number of thiazole rings is 1. The van der Waals surface area contributed by atoms with Crippen LogP contribution in [0.3, 0.4) is 0 Å². The molecule has 0 aliphatic heterocycles. The first-order valence-electron chi connectivity index (χ1n) is 12.1. The van der Waals surface area contributed by atoms with Crippen LogP contribution in [-0.2, 0) is 13.0 Å². The van der Waals surface area contributed by atoms with E-state index in [-0.39, 0.29) is 6.61 Å². The number of hydrogen-bond acceptors (Lipinski definition) is 6. The maximum Gasteiger partial charge on any atom is 0.139 e. The van der Waals surface area contributed by atoms with Gasteiger partial charge in [0.25, 0.3) is 0 Å². The minimum atomic E-state index is 0.259. The van der Waals surface area contributed by atoms with E-state index in [0.29, 0.717) is 12.0 Å². The van der Waals surface area contributed by atoms with Gasteiger partial charge in [0.2, 0.25) is 0 Å². The van der Waals surface area contributed by atoms with E-state index in [1.54, 1.807) is 11.3 Å². The molecule has 176 valence electrons. The molecule has 2 aromatic heterocycles. The van der Waals surface area contributed by atoms with E-state index in [9.17, 15) is 5.11 Å². The summed E-state index contributed by atoms with van der Waals surface area (Å²) in [7, 11) is 0. The topological polar surface area (TPSA) is 70.1 Å². The van der Waals surface area contributed by atoms with Crippen molar-refractivity contribution in [1.29, 1.82) is 0 Å². The maximum atomic E-state index is 9.61. The van der Waals surface area contributed by atoms with Crippen LogP contribution in [0.5, 0.6) is 0 Å². The van der Waals surface area contributed by atoms with E-state index >= 15 is 0 Å². The van der Waals surface area contributed by atoms with E-state index in [0.717, 1.165) is 65.7 Å².